The summed E-state index contributed by atoms with van der Waals surface area (Å²) >= 11 is 2.89. The lowest BCUT2D eigenvalue weighted by Crippen LogP contribution is -2.46. The van der Waals surface area contributed by atoms with E-state index in [4.69, 9.17) is 4.74 Å². The number of thiophene rings is 1. The first-order chi connectivity index (χ1) is 13.0. The molecular formula is C17H21N5O3S2. The predicted octanol–water partition coefficient (Wildman–Crippen LogP) is 2.88. The molecule has 0 spiro atoms. The van der Waals surface area contributed by atoms with Gasteiger partial charge < -0.3 is 19.9 Å². The third-order valence-electron chi connectivity index (χ3n) is 3.92. The van der Waals surface area contributed by atoms with Crippen molar-refractivity contribution in [3.05, 3.63) is 40.0 Å². The van der Waals surface area contributed by atoms with Crippen LogP contribution in [-0.4, -0.2) is 39.1 Å². The maximum absolute atomic E-state index is 12.6. The van der Waals surface area contributed by atoms with Gasteiger partial charge in [-0.15, -0.1) is 21.5 Å². The van der Waals surface area contributed by atoms with Crippen molar-refractivity contribution >= 4 is 35.1 Å². The number of ether oxygens (including phenoxy) is 1. The summed E-state index contributed by atoms with van der Waals surface area (Å²) in [5, 5.41) is 16.3. The molecule has 1 aliphatic heterocycles. The van der Waals surface area contributed by atoms with E-state index in [0.29, 0.717) is 17.0 Å². The lowest BCUT2D eigenvalue weighted by Gasteiger charge is -2.28. The lowest BCUT2D eigenvalue weighted by molar-refractivity contribution is -0.139. The van der Waals surface area contributed by atoms with Crippen LogP contribution >= 0.6 is 23.1 Å². The number of thioether (sulfide) groups is 1. The molecule has 0 unspecified atom stereocenters. The Kier molecular flexibility index (Phi) is 6.17. The largest absolute Gasteiger partial charge is 0.463 e. The highest BCUT2D eigenvalue weighted by Crippen LogP contribution is 2.32. The SMILES string of the molecule is CCOC(=O)C1=C(CSc2nncn2C(C)C)NC(=O)N[C@@H]1c1cccs1. The fraction of sp³-hybridized carbons (Fsp3) is 0.412. The molecule has 3 rings (SSSR count). The van der Waals surface area contributed by atoms with E-state index in [9.17, 15) is 9.59 Å². The van der Waals surface area contributed by atoms with Crippen LogP contribution in [0.1, 0.15) is 37.7 Å². The summed E-state index contributed by atoms with van der Waals surface area (Å²) in [6, 6.07) is 3.11. The van der Waals surface area contributed by atoms with Gasteiger partial charge in [0.15, 0.2) is 5.16 Å². The second kappa shape index (κ2) is 8.57. The van der Waals surface area contributed by atoms with Crippen LogP contribution in [0.4, 0.5) is 4.79 Å². The molecule has 0 fully saturated rings. The minimum absolute atomic E-state index is 0.211. The number of nitrogens with zero attached hydrogens (tertiary/aromatic N) is 3. The zero-order chi connectivity index (χ0) is 19.4. The molecule has 0 saturated carbocycles. The highest BCUT2D eigenvalue weighted by Gasteiger charge is 2.34. The summed E-state index contributed by atoms with van der Waals surface area (Å²) in [5.41, 5.74) is 0.945. The summed E-state index contributed by atoms with van der Waals surface area (Å²) in [4.78, 5) is 25.7. The zero-order valence-electron chi connectivity index (χ0n) is 15.3. The summed E-state index contributed by atoms with van der Waals surface area (Å²) in [6.45, 7) is 6.09. The molecule has 1 aliphatic rings. The highest BCUT2D eigenvalue weighted by molar-refractivity contribution is 7.99. The molecule has 0 saturated heterocycles. The van der Waals surface area contributed by atoms with Gasteiger partial charge in [-0.3, -0.25) is 0 Å². The number of hydrogen-bond donors (Lipinski definition) is 2. The number of nitrogens with one attached hydrogen (secondary N) is 2. The Balaban J connectivity index is 1.93. The molecule has 1 atom stereocenters. The molecular weight excluding hydrogens is 386 g/mol. The Morgan fingerprint density at radius 3 is 2.96 bits per heavy atom. The molecule has 8 nitrogen and oxygen atoms in total. The van der Waals surface area contributed by atoms with Gasteiger partial charge in [0.05, 0.1) is 18.2 Å². The van der Waals surface area contributed by atoms with E-state index in [1.165, 1.54) is 23.1 Å². The average molecular weight is 408 g/mol. The standard InChI is InChI=1S/C17H21N5O3S2/c1-4-25-15(23)13-11(8-27-17-21-18-9-22(17)10(2)3)19-16(24)20-14(13)12-6-5-7-26-12/h5-7,9-10,14H,4,8H2,1-3H3,(H2,19,20,24)/t14-/m1/s1. The van der Waals surface area contributed by atoms with Crippen LogP contribution < -0.4 is 10.6 Å². The van der Waals surface area contributed by atoms with Gasteiger partial charge in [0.2, 0.25) is 0 Å². The topological polar surface area (TPSA) is 98.1 Å². The fourth-order valence-corrected chi connectivity index (χ4v) is 4.47. The lowest BCUT2D eigenvalue weighted by atomic mass is 10.0. The minimum atomic E-state index is -0.531. The summed E-state index contributed by atoms with van der Waals surface area (Å²) in [6.07, 6.45) is 1.67. The quantitative estimate of drug-likeness (QED) is 0.541. The van der Waals surface area contributed by atoms with Crippen molar-refractivity contribution in [3.8, 4) is 0 Å². The van der Waals surface area contributed by atoms with E-state index in [2.05, 4.69) is 20.8 Å². The second-order valence-electron chi connectivity index (χ2n) is 6.06. The fourth-order valence-electron chi connectivity index (χ4n) is 2.68. The number of carbonyl (C=O) groups excluding carboxylic acids is 2. The van der Waals surface area contributed by atoms with Crippen molar-refractivity contribution in [2.75, 3.05) is 12.4 Å². The van der Waals surface area contributed by atoms with Crippen molar-refractivity contribution in [3.63, 3.8) is 0 Å². The molecule has 27 heavy (non-hydrogen) atoms. The molecule has 144 valence electrons. The Morgan fingerprint density at radius 2 is 2.30 bits per heavy atom. The monoisotopic (exact) mass is 407 g/mol. The Bertz CT molecular complexity index is 845. The molecule has 2 aromatic heterocycles. The van der Waals surface area contributed by atoms with E-state index in [1.807, 2.05) is 35.9 Å². The summed E-state index contributed by atoms with van der Waals surface area (Å²) in [5.74, 6) is -0.0705. The second-order valence-corrected chi connectivity index (χ2v) is 7.98. The average Bonchev–Trinajstić information content (AvgIpc) is 3.31. The van der Waals surface area contributed by atoms with Crippen LogP contribution in [-0.2, 0) is 9.53 Å². The van der Waals surface area contributed by atoms with Gasteiger partial charge in [0.25, 0.3) is 0 Å². The van der Waals surface area contributed by atoms with Crippen LogP contribution in [0.5, 0.6) is 0 Å². The number of urea groups is 1. The van der Waals surface area contributed by atoms with Gasteiger partial charge in [-0.2, -0.15) is 0 Å². The first-order valence-electron chi connectivity index (χ1n) is 8.54. The normalized spacial score (nSPS) is 17.0. The molecule has 2 N–H and O–H groups in total. The molecule has 10 heteroatoms. The third kappa shape index (κ3) is 4.33. The summed E-state index contributed by atoms with van der Waals surface area (Å²) < 4.78 is 7.19. The Labute approximate surface area is 165 Å². The van der Waals surface area contributed by atoms with Crippen LogP contribution in [0.3, 0.4) is 0 Å². The number of rotatable bonds is 7. The van der Waals surface area contributed by atoms with Crippen LogP contribution in [0.25, 0.3) is 0 Å². The molecule has 2 aromatic rings. The van der Waals surface area contributed by atoms with E-state index < -0.39 is 12.0 Å². The first-order valence-corrected chi connectivity index (χ1v) is 10.4. The van der Waals surface area contributed by atoms with Gasteiger partial charge in [-0.1, -0.05) is 17.8 Å². The van der Waals surface area contributed by atoms with E-state index in [1.54, 1.807) is 13.3 Å². The van der Waals surface area contributed by atoms with E-state index >= 15 is 0 Å². The third-order valence-corrected chi connectivity index (χ3v) is 5.84. The minimum Gasteiger partial charge on any atom is -0.463 e. The molecule has 2 amide bonds. The number of aromatic nitrogens is 3. The Hall–Kier alpha value is -2.33. The highest BCUT2D eigenvalue weighted by atomic mass is 32.2. The zero-order valence-corrected chi connectivity index (χ0v) is 16.9. The van der Waals surface area contributed by atoms with Gasteiger partial charge in [0.1, 0.15) is 6.33 Å². The van der Waals surface area contributed by atoms with E-state index in [0.717, 1.165) is 10.0 Å². The number of esters is 1. The maximum atomic E-state index is 12.6. The van der Waals surface area contributed by atoms with Crippen LogP contribution in [0, 0.1) is 0 Å². The maximum Gasteiger partial charge on any atom is 0.338 e. The van der Waals surface area contributed by atoms with Crippen LogP contribution in [0.2, 0.25) is 0 Å². The smallest absolute Gasteiger partial charge is 0.338 e. The molecule has 0 aromatic carbocycles. The molecule has 3 heterocycles. The molecule has 0 bridgehead atoms. The number of carbonyl (C=O) groups is 2. The van der Waals surface area contributed by atoms with Crippen molar-refractivity contribution in [1.29, 1.82) is 0 Å². The first kappa shape index (κ1) is 19.4. The van der Waals surface area contributed by atoms with Crippen LogP contribution in [0.15, 0.2) is 40.3 Å². The number of hydrogen-bond acceptors (Lipinski definition) is 7. The van der Waals surface area contributed by atoms with Crippen molar-refractivity contribution in [2.45, 2.75) is 38.0 Å². The predicted molar refractivity (Wildman–Crippen MR) is 104 cm³/mol. The summed E-state index contributed by atoms with van der Waals surface area (Å²) in [7, 11) is 0. The molecule has 0 aliphatic carbocycles. The molecule has 0 radical (unpaired) electrons. The van der Waals surface area contributed by atoms with Gasteiger partial charge >= 0.3 is 12.0 Å². The van der Waals surface area contributed by atoms with Crippen molar-refractivity contribution in [1.82, 2.24) is 25.4 Å². The van der Waals surface area contributed by atoms with Crippen molar-refractivity contribution in [2.24, 2.45) is 0 Å². The van der Waals surface area contributed by atoms with Crippen molar-refractivity contribution < 1.29 is 14.3 Å². The number of amides is 2. The van der Waals surface area contributed by atoms with Gasteiger partial charge in [-0.25, -0.2) is 9.59 Å². The van der Waals surface area contributed by atoms with Gasteiger partial charge in [-0.05, 0) is 32.2 Å². The Morgan fingerprint density at radius 1 is 1.48 bits per heavy atom. The van der Waals surface area contributed by atoms with Gasteiger partial charge in [0, 0.05) is 22.4 Å². The van der Waals surface area contributed by atoms with E-state index in [-0.39, 0.29) is 18.7 Å².